The second-order valence-corrected chi connectivity index (χ2v) is 6.00. The summed E-state index contributed by atoms with van der Waals surface area (Å²) in [5.41, 5.74) is 0.734. The zero-order valence-electron chi connectivity index (χ0n) is 12.6. The maximum absolute atomic E-state index is 13.2. The predicted molar refractivity (Wildman–Crippen MR) is 84.5 cm³/mol. The van der Waals surface area contributed by atoms with Gasteiger partial charge in [-0.05, 0) is 32.0 Å². The lowest BCUT2D eigenvalue weighted by atomic mass is 10.3. The van der Waals surface area contributed by atoms with Crippen molar-refractivity contribution >= 4 is 32.6 Å². The van der Waals surface area contributed by atoms with E-state index in [1.54, 1.807) is 17.9 Å². The first-order valence-electron chi connectivity index (χ1n) is 7.22. The number of carbonyl (C=O) groups excluding carboxylic acids is 1. The standard InChI is InChI=1S/C15H20FN3OS/c1-4-18(5-2)8-9-19(11(3)20)15-17-13-7-6-12(16)10-14(13)21-15/h6-7,10H,4-5,8-9H2,1-3H3/p+1. The molecule has 0 fully saturated rings. The molecule has 21 heavy (non-hydrogen) atoms. The normalized spacial score (nSPS) is 11.3. The SMILES string of the molecule is CC[NH+](CC)CCN(C(C)=O)c1nc2ccc(F)cc2s1. The minimum atomic E-state index is -0.278. The summed E-state index contributed by atoms with van der Waals surface area (Å²) < 4.78 is 14.0. The summed E-state index contributed by atoms with van der Waals surface area (Å²) in [4.78, 5) is 19.5. The van der Waals surface area contributed by atoms with E-state index in [0.717, 1.165) is 29.9 Å². The number of hydrogen-bond acceptors (Lipinski definition) is 3. The Kier molecular flexibility index (Phi) is 5.25. The quantitative estimate of drug-likeness (QED) is 0.882. The number of aromatic nitrogens is 1. The molecule has 114 valence electrons. The largest absolute Gasteiger partial charge is 0.334 e. The third kappa shape index (κ3) is 3.77. The number of amides is 1. The zero-order chi connectivity index (χ0) is 15.4. The number of hydrogen-bond donors (Lipinski definition) is 1. The van der Waals surface area contributed by atoms with Gasteiger partial charge in [-0.2, -0.15) is 0 Å². The lowest BCUT2D eigenvalue weighted by molar-refractivity contribution is -0.894. The third-order valence-corrected chi connectivity index (χ3v) is 4.68. The molecule has 0 aliphatic heterocycles. The highest BCUT2D eigenvalue weighted by Crippen LogP contribution is 2.29. The Hall–Kier alpha value is -1.53. The Bertz CT molecular complexity index is 624. The van der Waals surface area contributed by atoms with Gasteiger partial charge in [0.05, 0.1) is 36.4 Å². The van der Waals surface area contributed by atoms with E-state index >= 15 is 0 Å². The van der Waals surface area contributed by atoms with Gasteiger partial charge in [-0.3, -0.25) is 9.69 Å². The van der Waals surface area contributed by atoms with Gasteiger partial charge < -0.3 is 4.90 Å². The van der Waals surface area contributed by atoms with E-state index in [1.807, 2.05) is 0 Å². The second-order valence-electron chi connectivity index (χ2n) is 4.99. The average molecular weight is 310 g/mol. The number of halogens is 1. The van der Waals surface area contributed by atoms with Crippen LogP contribution in [0.3, 0.4) is 0 Å². The molecule has 0 atom stereocenters. The highest BCUT2D eigenvalue weighted by Gasteiger charge is 2.18. The molecule has 0 radical (unpaired) electrons. The molecule has 1 N–H and O–H groups in total. The van der Waals surface area contributed by atoms with Crippen molar-refractivity contribution in [3.63, 3.8) is 0 Å². The van der Waals surface area contributed by atoms with Crippen molar-refractivity contribution in [2.45, 2.75) is 20.8 Å². The van der Waals surface area contributed by atoms with Crippen LogP contribution in [0.4, 0.5) is 9.52 Å². The summed E-state index contributed by atoms with van der Waals surface area (Å²) in [5.74, 6) is -0.305. The number of fused-ring (bicyclic) bond motifs is 1. The number of nitrogens with zero attached hydrogens (tertiary/aromatic N) is 2. The molecule has 0 aliphatic carbocycles. The zero-order valence-corrected chi connectivity index (χ0v) is 13.5. The van der Waals surface area contributed by atoms with E-state index in [0.29, 0.717) is 11.7 Å². The smallest absolute Gasteiger partial charge is 0.225 e. The maximum Gasteiger partial charge on any atom is 0.225 e. The molecule has 2 rings (SSSR count). The fourth-order valence-corrected chi connectivity index (χ4v) is 3.32. The molecule has 6 heteroatoms. The van der Waals surface area contributed by atoms with Gasteiger partial charge in [0.2, 0.25) is 5.91 Å². The summed E-state index contributed by atoms with van der Waals surface area (Å²) >= 11 is 1.36. The number of carbonyl (C=O) groups is 1. The van der Waals surface area contributed by atoms with Gasteiger partial charge in [0.15, 0.2) is 5.13 Å². The summed E-state index contributed by atoms with van der Waals surface area (Å²) in [7, 11) is 0. The van der Waals surface area contributed by atoms with Crippen LogP contribution < -0.4 is 9.80 Å². The third-order valence-electron chi connectivity index (χ3n) is 3.64. The minimum absolute atomic E-state index is 0.0268. The van der Waals surface area contributed by atoms with Crippen LogP contribution in [0.25, 0.3) is 10.2 Å². The Morgan fingerprint density at radius 1 is 1.38 bits per heavy atom. The molecule has 1 amide bonds. The van der Waals surface area contributed by atoms with Crippen LogP contribution in [0.2, 0.25) is 0 Å². The van der Waals surface area contributed by atoms with Crippen LogP contribution in [-0.4, -0.2) is 37.1 Å². The molecule has 0 bridgehead atoms. The van der Waals surface area contributed by atoms with Gasteiger partial charge in [-0.25, -0.2) is 9.37 Å². The first kappa shape index (κ1) is 15.9. The Balaban J connectivity index is 2.21. The van der Waals surface area contributed by atoms with E-state index in [2.05, 4.69) is 18.8 Å². The summed E-state index contributed by atoms with van der Waals surface area (Å²) in [6.07, 6.45) is 0. The molecule has 0 unspecified atom stereocenters. The van der Waals surface area contributed by atoms with Crippen LogP contribution in [0, 0.1) is 5.82 Å². The van der Waals surface area contributed by atoms with Gasteiger partial charge in [0.1, 0.15) is 5.82 Å². The molecule has 1 heterocycles. The van der Waals surface area contributed by atoms with E-state index in [9.17, 15) is 9.18 Å². The molecule has 0 saturated carbocycles. The van der Waals surface area contributed by atoms with Crippen LogP contribution in [0.1, 0.15) is 20.8 Å². The molecule has 0 aliphatic rings. The molecular weight excluding hydrogens is 289 g/mol. The van der Waals surface area contributed by atoms with Crippen molar-refractivity contribution in [2.24, 2.45) is 0 Å². The van der Waals surface area contributed by atoms with E-state index in [-0.39, 0.29) is 11.7 Å². The lowest BCUT2D eigenvalue weighted by Gasteiger charge is -2.21. The number of nitrogens with one attached hydrogen (secondary N) is 1. The number of rotatable bonds is 6. The summed E-state index contributed by atoms with van der Waals surface area (Å²) in [6, 6.07) is 4.51. The molecule has 1 aromatic heterocycles. The van der Waals surface area contributed by atoms with Gasteiger partial charge in [0.25, 0.3) is 0 Å². The predicted octanol–water partition coefficient (Wildman–Crippen LogP) is 1.71. The van der Waals surface area contributed by atoms with Crippen molar-refractivity contribution < 1.29 is 14.1 Å². The van der Waals surface area contributed by atoms with Crippen molar-refractivity contribution in [1.82, 2.24) is 4.98 Å². The Labute approximate surface area is 128 Å². The van der Waals surface area contributed by atoms with Crippen molar-refractivity contribution in [2.75, 3.05) is 31.1 Å². The summed E-state index contributed by atoms with van der Waals surface area (Å²) in [5, 5.41) is 0.648. The number of benzene rings is 1. The second kappa shape index (κ2) is 6.95. The van der Waals surface area contributed by atoms with E-state index in [1.165, 1.54) is 28.4 Å². The number of anilines is 1. The monoisotopic (exact) mass is 310 g/mol. The molecule has 0 spiro atoms. The molecule has 1 aromatic carbocycles. The fourth-order valence-electron chi connectivity index (χ4n) is 2.26. The Morgan fingerprint density at radius 2 is 2.10 bits per heavy atom. The summed E-state index contributed by atoms with van der Waals surface area (Å²) in [6.45, 7) is 9.41. The van der Waals surface area contributed by atoms with E-state index in [4.69, 9.17) is 0 Å². The van der Waals surface area contributed by atoms with Crippen molar-refractivity contribution in [3.05, 3.63) is 24.0 Å². The first-order chi connectivity index (χ1) is 10.0. The van der Waals surface area contributed by atoms with Crippen LogP contribution in [0.15, 0.2) is 18.2 Å². The van der Waals surface area contributed by atoms with Gasteiger partial charge in [0, 0.05) is 6.92 Å². The highest BCUT2D eigenvalue weighted by molar-refractivity contribution is 7.22. The maximum atomic E-state index is 13.2. The molecular formula is C15H21FN3OS+. The van der Waals surface area contributed by atoms with Gasteiger partial charge in [-0.15, -0.1) is 0 Å². The topological polar surface area (TPSA) is 37.6 Å². The minimum Gasteiger partial charge on any atom is -0.334 e. The average Bonchev–Trinajstić information content (AvgIpc) is 2.85. The Morgan fingerprint density at radius 3 is 2.71 bits per heavy atom. The van der Waals surface area contributed by atoms with Gasteiger partial charge >= 0.3 is 0 Å². The van der Waals surface area contributed by atoms with E-state index < -0.39 is 0 Å². The van der Waals surface area contributed by atoms with Gasteiger partial charge in [-0.1, -0.05) is 11.3 Å². The van der Waals surface area contributed by atoms with Crippen molar-refractivity contribution in [3.8, 4) is 0 Å². The highest BCUT2D eigenvalue weighted by atomic mass is 32.1. The van der Waals surface area contributed by atoms with Crippen LogP contribution in [0.5, 0.6) is 0 Å². The number of thiazole rings is 1. The van der Waals surface area contributed by atoms with Crippen molar-refractivity contribution in [1.29, 1.82) is 0 Å². The molecule has 0 saturated heterocycles. The van der Waals surface area contributed by atoms with Crippen LogP contribution in [-0.2, 0) is 4.79 Å². The first-order valence-corrected chi connectivity index (χ1v) is 8.04. The molecule has 4 nitrogen and oxygen atoms in total. The lowest BCUT2D eigenvalue weighted by Crippen LogP contribution is -3.12. The van der Waals surface area contributed by atoms with Crippen LogP contribution >= 0.6 is 11.3 Å². The number of likely N-dealkylation sites (N-methyl/N-ethyl adjacent to an activating group) is 1. The molecule has 2 aromatic rings. The number of quaternary nitrogens is 1. The fraction of sp³-hybridized carbons (Fsp3) is 0.467.